The first-order valence-corrected chi connectivity index (χ1v) is 21.4. The van der Waals surface area contributed by atoms with Crippen LogP contribution in [0, 0.1) is 0 Å². The van der Waals surface area contributed by atoms with Gasteiger partial charge in [0, 0.05) is 6.42 Å². The maximum Gasteiger partial charge on any atom is 0.256 e. The van der Waals surface area contributed by atoms with Gasteiger partial charge in [0.2, 0.25) is 0 Å². The SMILES string of the molecule is CCCCCCCCCCCCCCCCCC[n+]1ccn(CCCCCCCCCCCCCCC)c1CCCCCCC. The second kappa shape index (κ2) is 34.5. The highest BCUT2D eigenvalue weighted by Gasteiger charge is 2.16. The van der Waals surface area contributed by atoms with Crippen LogP contribution in [-0.2, 0) is 19.5 Å². The Labute approximate surface area is 285 Å². The molecule has 0 aliphatic rings. The van der Waals surface area contributed by atoms with Crippen LogP contribution in [0.4, 0.5) is 0 Å². The van der Waals surface area contributed by atoms with Gasteiger partial charge in [-0.05, 0) is 32.1 Å². The van der Waals surface area contributed by atoms with E-state index in [-0.39, 0.29) is 0 Å². The van der Waals surface area contributed by atoms with Gasteiger partial charge in [0.15, 0.2) is 0 Å². The van der Waals surface area contributed by atoms with Crippen molar-refractivity contribution in [2.75, 3.05) is 0 Å². The zero-order valence-corrected chi connectivity index (χ0v) is 31.7. The van der Waals surface area contributed by atoms with Gasteiger partial charge in [0.05, 0.1) is 13.1 Å². The molecular weight excluding hydrogens is 544 g/mol. The third kappa shape index (κ3) is 26.9. The first-order valence-electron chi connectivity index (χ1n) is 21.4. The second-order valence-corrected chi connectivity index (χ2v) is 14.8. The molecule has 1 rings (SSSR count). The summed E-state index contributed by atoms with van der Waals surface area (Å²) in [7, 11) is 0. The molecule has 1 aromatic rings. The van der Waals surface area contributed by atoms with Crippen molar-refractivity contribution in [2.45, 2.75) is 259 Å². The molecule has 266 valence electrons. The number of hydrogen-bond acceptors (Lipinski definition) is 0. The first kappa shape index (κ1) is 42.2. The van der Waals surface area contributed by atoms with Gasteiger partial charge in [-0.1, -0.05) is 207 Å². The zero-order chi connectivity index (χ0) is 32.3. The Morgan fingerprint density at radius 1 is 0.378 bits per heavy atom. The van der Waals surface area contributed by atoms with E-state index >= 15 is 0 Å². The summed E-state index contributed by atoms with van der Waals surface area (Å²) in [6.45, 7) is 9.41. The van der Waals surface area contributed by atoms with Crippen molar-refractivity contribution in [3.8, 4) is 0 Å². The molecule has 0 saturated carbocycles. The fraction of sp³-hybridized carbons (Fsp3) is 0.930. The van der Waals surface area contributed by atoms with Crippen molar-refractivity contribution in [2.24, 2.45) is 0 Å². The molecule has 0 aliphatic carbocycles. The van der Waals surface area contributed by atoms with E-state index in [1.165, 1.54) is 238 Å². The van der Waals surface area contributed by atoms with E-state index < -0.39 is 0 Å². The summed E-state index contributed by atoms with van der Waals surface area (Å²) < 4.78 is 5.26. The molecule has 0 unspecified atom stereocenters. The topological polar surface area (TPSA) is 8.81 Å². The summed E-state index contributed by atoms with van der Waals surface area (Å²) in [4.78, 5) is 0. The lowest BCUT2D eigenvalue weighted by molar-refractivity contribution is -0.704. The summed E-state index contributed by atoms with van der Waals surface area (Å²) in [5.74, 6) is 1.62. The number of nitrogens with zero attached hydrogens (tertiary/aromatic N) is 2. The van der Waals surface area contributed by atoms with E-state index in [4.69, 9.17) is 0 Å². The van der Waals surface area contributed by atoms with Crippen LogP contribution in [0.15, 0.2) is 12.4 Å². The van der Waals surface area contributed by atoms with E-state index in [1.807, 2.05) is 0 Å². The van der Waals surface area contributed by atoms with Crippen molar-refractivity contribution in [1.82, 2.24) is 4.57 Å². The number of aryl methyl sites for hydroxylation is 2. The van der Waals surface area contributed by atoms with Gasteiger partial charge in [0.25, 0.3) is 5.82 Å². The quantitative estimate of drug-likeness (QED) is 0.0511. The minimum atomic E-state index is 1.23. The normalized spacial score (nSPS) is 11.6. The Morgan fingerprint density at radius 3 is 1.07 bits per heavy atom. The number of imidazole rings is 1. The fourth-order valence-electron chi connectivity index (χ4n) is 7.21. The van der Waals surface area contributed by atoms with Crippen LogP contribution < -0.4 is 4.57 Å². The Kier molecular flexibility index (Phi) is 32.4. The predicted octanol–water partition coefficient (Wildman–Crippen LogP) is 14.6. The van der Waals surface area contributed by atoms with Gasteiger partial charge in [-0.15, -0.1) is 0 Å². The molecule has 2 heteroatoms. The number of rotatable bonds is 37. The third-order valence-electron chi connectivity index (χ3n) is 10.3. The highest BCUT2D eigenvalue weighted by molar-refractivity contribution is 4.84. The number of aromatic nitrogens is 2. The molecule has 1 heterocycles. The molecule has 2 nitrogen and oxygen atoms in total. The monoisotopic (exact) mass is 630 g/mol. The summed E-state index contributed by atoms with van der Waals surface area (Å²) in [5, 5.41) is 0. The molecule has 0 spiro atoms. The minimum Gasteiger partial charge on any atom is -0.234 e. The van der Waals surface area contributed by atoms with Crippen molar-refractivity contribution in [3.05, 3.63) is 18.2 Å². The van der Waals surface area contributed by atoms with Crippen LogP contribution in [0.2, 0.25) is 0 Å². The van der Waals surface area contributed by atoms with E-state index in [9.17, 15) is 0 Å². The van der Waals surface area contributed by atoms with Crippen LogP contribution in [0.1, 0.15) is 245 Å². The number of hydrogen-bond donors (Lipinski definition) is 0. The fourth-order valence-corrected chi connectivity index (χ4v) is 7.21. The highest BCUT2D eigenvalue weighted by atomic mass is 15.1. The summed E-state index contributed by atoms with van der Waals surface area (Å²) in [6.07, 6.45) is 54.9. The van der Waals surface area contributed by atoms with Crippen LogP contribution in [0.5, 0.6) is 0 Å². The summed E-state index contributed by atoms with van der Waals surface area (Å²) in [6, 6.07) is 0. The Bertz CT molecular complexity index is 692. The summed E-state index contributed by atoms with van der Waals surface area (Å²) in [5.41, 5.74) is 0. The van der Waals surface area contributed by atoms with Crippen molar-refractivity contribution in [1.29, 1.82) is 0 Å². The lowest BCUT2D eigenvalue weighted by Gasteiger charge is -2.07. The van der Waals surface area contributed by atoms with Crippen molar-refractivity contribution >= 4 is 0 Å². The van der Waals surface area contributed by atoms with Gasteiger partial charge in [-0.25, -0.2) is 9.13 Å². The predicted molar refractivity (Wildman–Crippen MR) is 202 cm³/mol. The largest absolute Gasteiger partial charge is 0.256 e. The van der Waals surface area contributed by atoms with Crippen LogP contribution in [-0.4, -0.2) is 4.57 Å². The molecule has 0 amide bonds. The van der Waals surface area contributed by atoms with E-state index in [0.29, 0.717) is 0 Å². The lowest BCUT2D eigenvalue weighted by atomic mass is 10.0. The Balaban J connectivity index is 2.15. The van der Waals surface area contributed by atoms with Crippen LogP contribution >= 0.6 is 0 Å². The smallest absolute Gasteiger partial charge is 0.234 e. The standard InChI is InChI=1S/C43H85N2/c1-4-7-10-13-15-17-19-21-22-23-25-27-29-31-34-37-40-45-42-41-44(43(45)38-35-32-12-9-6-3)39-36-33-30-28-26-24-20-18-16-14-11-8-5-2/h41-42H,4-40H2,1-3H3/q+1. The molecule has 0 saturated heterocycles. The van der Waals surface area contributed by atoms with E-state index in [1.54, 1.807) is 5.82 Å². The van der Waals surface area contributed by atoms with Gasteiger partial charge in [-0.3, -0.25) is 0 Å². The molecule has 1 aromatic heterocycles. The van der Waals surface area contributed by atoms with Gasteiger partial charge in [0.1, 0.15) is 12.4 Å². The van der Waals surface area contributed by atoms with Gasteiger partial charge in [-0.2, -0.15) is 0 Å². The maximum absolute atomic E-state index is 2.63. The highest BCUT2D eigenvalue weighted by Crippen LogP contribution is 2.16. The molecule has 0 radical (unpaired) electrons. The minimum absolute atomic E-state index is 1.23. The molecule has 0 aliphatic heterocycles. The molecule has 0 fully saturated rings. The molecule has 45 heavy (non-hydrogen) atoms. The lowest BCUT2D eigenvalue weighted by Crippen LogP contribution is -2.37. The average molecular weight is 630 g/mol. The van der Waals surface area contributed by atoms with Gasteiger partial charge < -0.3 is 0 Å². The van der Waals surface area contributed by atoms with Crippen LogP contribution in [0.3, 0.4) is 0 Å². The second-order valence-electron chi connectivity index (χ2n) is 14.8. The summed E-state index contributed by atoms with van der Waals surface area (Å²) >= 11 is 0. The van der Waals surface area contributed by atoms with E-state index in [0.717, 1.165) is 0 Å². The van der Waals surface area contributed by atoms with E-state index in [2.05, 4.69) is 42.3 Å². The van der Waals surface area contributed by atoms with Crippen molar-refractivity contribution < 1.29 is 4.57 Å². The van der Waals surface area contributed by atoms with Crippen LogP contribution in [0.25, 0.3) is 0 Å². The molecule has 0 bridgehead atoms. The molecular formula is C43H85N2+. The third-order valence-corrected chi connectivity index (χ3v) is 10.3. The Hall–Kier alpha value is -0.790. The first-order chi connectivity index (χ1) is 22.3. The average Bonchev–Trinajstić information content (AvgIpc) is 3.43. The zero-order valence-electron chi connectivity index (χ0n) is 31.7. The molecule has 0 N–H and O–H groups in total. The molecule has 0 aromatic carbocycles. The van der Waals surface area contributed by atoms with Gasteiger partial charge >= 0.3 is 0 Å². The Morgan fingerprint density at radius 2 is 0.689 bits per heavy atom. The maximum atomic E-state index is 2.63. The molecule has 0 atom stereocenters. The number of unbranched alkanes of at least 4 members (excludes halogenated alkanes) is 31. The van der Waals surface area contributed by atoms with Crippen molar-refractivity contribution in [3.63, 3.8) is 0 Å².